The van der Waals surface area contributed by atoms with Gasteiger partial charge in [-0.15, -0.1) is 11.3 Å². The molecule has 1 atom stereocenters. The molecule has 0 saturated heterocycles. The smallest absolute Gasteiger partial charge is 0.238 e. The van der Waals surface area contributed by atoms with Crippen LogP contribution in [0.15, 0.2) is 42.3 Å². The summed E-state index contributed by atoms with van der Waals surface area (Å²) in [6.07, 6.45) is 8.67. The second kappa shape index (κ2) is 7.96. The Labute approximate surface area is 174 Å². The normalized spacial score (nSPS) is 15.0. The Balaban J connectivity index is 1.43. The minimum absolute atomic E-state index is 0.213. The predicted molar refractivity (Wildman–Crippen MR) is 114 cm³/mol. The van der Waals surface area contributed by atoms with E-state index in [0.29, 0.717) is 10.8 Å². The van der Waals surface area contributed by atoms with Crippen LogP contribution < -0.4 is 10.0 Å². The largest absolute Gasteiger partial charge is 0.294 e. The fourth-order valence-corrected chi connectivity index (χ4v) is 4.62. The number of aromatic nitrogens is 4. The van der Waals surface area contributed by atoms with Gasteiger partial charge < -0.3 is 0 Å². The van der Waals surface area contributed by atoms with Gasteiger partial charge in [0.2, 0.25) is 11.9 Å². The third-order valence-electron chi connectivity index (χ3n) is 4.60. The summed E-state index contributed by atoms with van der Waals surface area (Å²) < 4.78 is 14.9. The van der Waals surface area contributed by atoms with Gasteiger partial charge in [0, 0.05) is 41.3 Å². The van der Waals surface area contributed by atoms with E-state index < -0.39 is 16.4 Å². The van der Waals surface area contributed by atoms with Crippen molar-refractivity contribution < 1.29 is 9.00 Å². The fraction of sp³-hybridized carbons (Fsp3) is 0.316. The van der Waals surface area contributed by atoms with Gasteiger partial charge >= 0.3 is 0 Å². The zero-order valence-electron chi connectivity index (χ0n) is 16.0. The van der Waals surface area contributed by atoms with E-state index in [-0.39, 0.29) is 17.1 Å². The minimum Gasteiger partial charge on any atom is -0.294 e. The van der Waals surface area contributed by atoms with E-state index in [1.807, 2.05) is 12.1 Å². The molecule has 3 heterocycles. The molecule has 4 rings (SSSR count). The van der Waals surface area contributed by atoms with E-state index in [4.69, 9.17) is 0 Å². The van der Waals surface area contributed by atoms with Crippen molar-refractivity contribution >= 4 is 39.3 Å². The number of pyridine rings is 1. The zero-order chi connectivity index (χ0) is 20.4. The minimum atomic E-state index is -1.11. The average Bonchev–Trinajstić information content (AvgIpc) is 3.48. The number of hydrogen-bond donors (Lipinski definition) is 2. The molecule has 1 amide bonds. The molecule has 3 aromatic heterocycles. The van der Waals surface area contributed by atoms with Gasteiger partial charge in [0.25, 0.3) is 0 Å². The Morgan fingerprint density at radius 3 is 2.62 bits per heavy atom. The van der Waals surface area contributed by atoms with Crippen molar-refractivity contribution in [3.63, 3.8) is 0 Å². The molecule has 0 aliphatic heterocycles. The summed E-state index contributed by atoms with van der Waals surface area (Å²) in [4.78, 5) is 29.8. The standard InChI is InChI=1S/C19H20N6O2S2/c1-19(2,15-11-28-18(23-15)25-29(27)14-5-6-14)16(26)24-17-21-9-13(10-22-17)12-4-3-7-20-8-12/h3-4,7-11,14H,5-6H2,1-2H3,(H,23,25)(H,21,22,24,26). The van der Waals surface area contributed by atoms with Crippen molar-refractivity contribution in [3.8, 4) is 11.1 Å². The molecule has 1 fully saturated rings. The molecule has 1 aliphatic carbocycles. The second-order valence-electron chi connectivity index (χ2n) is 7.25. The molecule has 1 saturated carbocycles. The molecule has 0 aromatic carbocycles. The SMILES string of the molecule is CC(C)(C(=O)Nc1ncc(-c2cccnc2)cn1)c1csc(NS(=O)C2CC2)n1. The van der Waals surface area contributed by atoms with Crippen LogP contribution in [0.2, 0.25) is 0 Å². The fourth-order valence-electron chi connectivity index (χ4n) is 2.51. The van der Waals surface area contributed by atoms with Gasteiger partial charge in [-0.05, 0) is 32.8 Å². The van der Waals surface area contributed by atoms with Gasteiger partial charge in [-0.25, -0.2) is 19.2 Å². The Hall–Kier alpha value is -2.72. The lowest BCUT2D eigenvalue weighted by Gasteiger charge is -2.20. The van der Waals surface area contributed by atoms with Crippen LogP contribution in [0.25, 0.3) is 11.1 Å². The Bertz CT molecular complexity index is 1030. The van der Waals surface area contributed by atoms with E-state index in [1.165, 1.54) is 11.3 Å². The molecule has 150 valence electrons. The lowest BCUT2D eigenvalue weighted by Crippen LogP contribution is -2.35. The van der Waals surface area contributed by atoms with Gasteiger partial charge in [0.05, 0.1) is 16.4 Å². The van der Waals surface area contributed by atoms with Crippen molar-refractivity contribution in [2.24, 2.45) is 0 Å². The number of nitrogens with zero attached hydrogens (tertiary/aromatic N) is 4. The first-order chi connectivity index (χ1) is 13.9. The van der Waals surface area contributed by atoms with Gasteiger partial charge in [-0.1, -0.05) is 6.07 Å². The summed E-state index contributed by atoms with van der Waals surface area (Å²) in [6.45, 7) is 3.56. The first kappa shape index (κ1) is 19.6. The van der Waals surface area contributed by atoms with Crippen LogP contribution in [-0.2, 0) is 21.2 Å². The Morgan fingerprint density at radius 2 is 1.97 bits per heavy atom. The van der Waals surface area contributed by atoms with Crippen LogP contribution in [0.4, 0.5) is 11.1 Å². The number of carbonyl (C=O) groups is 1. The highest BCUT2D eigenvalue weighted by atomic mass is 32.2. The Kier molecular flexibility index (Phi) is 5.37. The topological polar surface area (TPSA) is 110 Å². The van der Waals surface area contributed by atoms with Crippen molar-refractivity contribution in [2.45, 2.75) is 37.4 Å². The van der Waals surface area contributed by atoms with Gasteiger partial charge in [0.1, 0.15) is 11.0 Å². The van der Waals surface area contributed by atoms with Gasteiger partial charge in [-0.3, -0.25) is 19.8 Å². The summed E-state index contributed by atoms with van der Waals surface area (Å²) in [5, 5.41) is 5.32. The van der Waals surface area contributed by atoms with E-state index >= 15 is 0 Å². The first-order valence-electron chi connectivity index (χ1n) is 9.10. The van der Waals surface area contributed by atoms with Crippen LogP contribution in [0.3, 0.4) is 0 Å². The summed E-state index contributed by atoms with van der Waals surface area (Å²) in [6, 6.07) is 3.75. The summed E-state index contributed by atoms with van der Waals surface area (Å²) >= 11 is 1.34. The molecule has 0 bridgehead atoms. The maximum absolute atomic E-state index is 12.8. The van der Waals surface area contributed by atoms with Gasteiger partial charge in [0.15, 0.2) is 5.13 Å². The van der Waals surface area contributed by atoms with E-state index in [2.05, 4.69) is 30.0 Å². The molecule has 8 nitrogen and oxygen atoms in total. The maximum Gasteiger partial charge on any atom is 0.238 e. The molecule has 0 radical (unpaired) electrons. The molecule has 10 heteroatoms. The third kappa shape index (κ3) is 4.48. The number of amides is 1. The average molecular weight is 429 g/mol. The van der Waals surface area contributed by atoms with Gasteiger partial charge in [-0.2, -0.15) is 0 Å². The molecule has 3 aromatic rings. The van der Waals surface area contributed by atoms with E-state index in [0.717, 1.165) is 24.0 Å². The van der Waals surface area contributed by atoms with Crippen molar-refractivity contribution in [1.82, 2.24) is 19.9 Å². The summed E-state index contributed by atoms with van der Waals surface area (Å²) in [5.74, 6) is -0.0501. The molecular weight excluding hydrogens is 408 g/mol. The van der Waals surface area contributed by atoms with Crippen LogP contribution in [0, 0.1) is 0 Å². The van der Waals surface area contributed by atoms with Crippen molar-refractivity contribution in [2.75, 3.05) is 10.0 Å². The molecule has 1 unspecified atom stereocenters. The number of anilines is 2. The predicted octanol–water partition coefficient (Wildman–Crippen LogP) is 3.15. The maximum atomic E-state index is 12.8. The monoisotopic (exact) mass is 428 g/mol. The number of rotatable bonds is 7. The zero-order valence-corrected chi connectivity index (χ0v) is 17.6. The Morgan fingerprint density at radius 1 is 1.21 bits per heavy atom. The highest BCUT2D eigenvalue weighted by Gasteiger charge is 2.34. The quantitative estimate of drug-likeness (QED) is 0.598. The number of thiazole rings is 1. The summed E-state index contributed by atoms with van der Waals surface area (Å²) in [5.41, 5.74) is 1.41. The van der Waals surface area contributed by atoms with Crippen LogP contribution in [0.5, 0.6) is 0 Å². The first-order valence-corrected chi connectivity index (χ1v) is 11.2. The van der Waals surface area contributed by atoms with Crippen molar-refractivity contribution in [1.29, 1.82) is 0 Å². The third-order valence-corrected chi connectivity index (χ3v) is 6.96. The highest BCUT2D eigenvalue weighted by Crippen LogP contribution is 2.31. The van der Waals surface area contributed by atoms with Crippen LogP contribution in [-0.4, -0.2) is 35.3 Å². The number of hydrogen-bond acceptors (Lipinski definition) is 7. The van der Waals surface area contributed by atoms with Crippen LogP contribution >= 0.6 is 11.3 Å². The van der Waals surface area contributed by atoms with Crippen molar-refractivity contribution in [3.05, 3.63) is 48.0 Å². The highest BCUT2D eigenvalue weighted by molar-refractivity contribution is 7.87. The number of carbonyl (C=O) groups excluding carboxylic acids is 1. The molecule has 2 N–H and O–H groups in total. The summed E-state index contributed by atoms with van der Waals surface area (Å²) in [7, 11) is -1.11. The van der Waals surface area contributed by atoms with E-state index in [9.17, 15) is 9.00 Å². The number of nitrogens with one attached hydrogen (secondary N) is 2. The van der Waals surface area contributed by atoms with Crippen LogP contribution in [0.1, 0.15) is 32.4 Å². The van der Waals surface area contributed by atoms with E-state index in [1.54, 1.807) is 44.0 Å². The molecule has 29 heavy (non-hydrogen) atoms. The molecule has 0 spiro atoms. The molecule has 1 aliphatic rings. The lowest BCUT2D eigenvalue weighted by molar-refractivity contribution is -0.120. The second-order valence-corrected chi connectivity index (χ2v) is 9.58. The lowest BCUT2D eigenvalue weighted by atomic mass is 9.89. The molecular formula is C19H20N6O2S2.